The molecule has 100 valence electrons. The summed E-state index contributed by atoms with van der Waals surface area (Å²) < 4.78 is 6.04. The minimum absolute atomic E-state index is 0.127. The van der Waals surface area contributed by atoms with E-state index < -0.39 is 0 Å². The predicted octanol–water partition coefficient (Wildman–Crippen LogP) is 4.58. The first-order chi connectivity index (χ1) is 9.08. The molecule has 1 heterocycles. The zero-order chi connectivity index (χ0) is 13.8. The molecule has 0 aliphatic heterocycles. The molecule has 0 saturated carbocycles. The maximum Gasteiger partial charge on any atom is 0.216 e. The van der Waals surface area contributed by atoms with Crippen molar-refractivity contribution in [1.82, 2.24) is 9.97 Å². The standard InChI is InChI=1S/C13H11Br2ClN2O/c1-19-13-6-11(17-7-18-13)5-12(15)8-2-9(14)4-10(16)3-8/h2-4,6-7,12H,5H2,1H3. The Bertz CT molecular complexity index is 560. The summed E-state index contributed by atoms with van der Waals surface area (Å²) in [5, 5.41) is 0.703. The van der Waals surface area contributed by atoms with Crippen molar-refractivity contribution in [2.75, 3.05) is 7.11 Å². The van der Waals surface area contributed by atoms with Crippen molar-refractivity contribution >= 4 is 43.5 Å². The van der Waals surface area contributed by atoms with Gasteiger partial charge in [-0.05, 0) is 23.8 Å². The van der Waals surface area contributed by atoms with E-state index in [1.807, 2.05) is 24.3 Å². The Hall–Kier alpha value is -0.650. The molecular weight excluding hydrogens is 395 g/mol. The van der Waals surface area contributed by atoms with Gasteiger partial charge in [0, 0.05) is 32.5 Å². The smallest absolute Gasteiger partial charge is 0.216 e. The maximum absolute atomic E-state index is 6.05. The highest BCUT2D eigenvalue weighted by Gasteiger charge is 2.12. The SMILES string of the molecule is COc1cc(CC(Br)c2cc(Cl)cc(Br)c2)ncn1. The zero-order valence-electron chi connectivity index (χ0n) is 10.1. The van der Waals surface area contributed by atoms with Gasteiger partial charge in [0.2, 0.25) is 5.88 Å². The summed E-state index contributed by atoms with van der Waals surface area (Å²) in [7, 11) is 1.59. The van der Waals surface area contributed by atoms with Crippen molar-refractivity contribution in [2.24, 2.45) is 0 Å². The van der Waals surface area contributed by atoms with Crippen LogP contribution in [0.5, 0.6) is 5.88 Å². The number of benzene rings is 1. The predicted molar refractivity (Wildman–Crippen MR) is 83.1 cm³/mol. The molecule has 0 aliphatic carbocycles. The molecule has 0 radical (unpaired) electrons. The van der Waals surface area contributed by atoms with E-state index in [2.05, 4.69) is 41.8 Å². The largest absolute Gasteiger partial charge is 0.481 e. The molecule has 2 rings (SSSR count). The van der Waals surface area contributed by atoms with Gasteiger partial charge >= 0.3 is 0 Å². The van der Waals surface area contributed by atoms with Gasteiger partial charge in [0.1, 0.15) is 6.33 Å². The van der Waals surface area contributed by atoms with Crippen LogP contribution in [0.15, 0.2) is 35.1 Å². The summed E-state index contributed by atoms with van der Waals surface area (Å²) in [5.41, 5.74) is 2.00. The molecule has 6 heteroatoms. The van der Waals surface area contributed by atoms with Crippen LogP contribution in [0.25, 0.3) is 0 Å². The zero-order valence-corrected chi connectivity index (χ0v) is 14.0. The van der Waals surface area contributed by atoms with Gasteiger partial charge in [-0.2, -0.15) is 0 Å². The van der Waals surface area contributed by atoms with Crippen LogP contribution in [0, 0.1) is 0 Å². The molecule has 0 amide bonds. The summed E-state index contributed by atoms with van der Waals surface area (Å²) in [6, 6.07) is 7.65. The van der Waals surface area contributed by atoms with Gasteiger partial charge in [-0.1, -0.05) is 43.5 Å². The van der Waals surface area contributed by atoms with Crippen LogP contribution in [-0.4, -0.2) is 17.1 Å². The van der Waals surface area contributed by atoms with Crippen LogP contribution < -0.4 is 4.74 Å². The molecule has 0 aliphatic rings. The third-order valence-electron chi connectivity index (χ3n) is 2.54. The molecule has 0 N–H and O–H groups in total. The highest BCUT2D eigenvalue weighted by molar-refractivity contribution is 9.10. The molecule has 1 unspecified atom stereocenters. The molecule has 0 bridgehead atoms. The van der Waals surface area contributed by atoms with Gasteiger partial charge in [-0.3, -0.25) is 0 Å². The Labute approximate surface area is 133 Å². The summed E-state index contributed by atoms with van der Waals surface area (Å²) in [6.07, 6.45) is 2.23. The minimum atomic E-state index is 0.127. The van der Waals surface area contributed by atoms with E-state index in [0.29, 0.717) is 10.9 Å². The number of rotatable bonds is 4. The normalized spacial score (nSPS) is 12.2. The van der Waals surface area contributed by atoms with Crippen molar-refractivity contribution in [1.29, 1.82) is 0 Å². The topological polar surface area (TPSA) is 35.0 Å². The van der Waals surface area contributed by atoms with Crippen LogP contribution in [0.2, 0.25) is 5.02 Å². The summed E-state index contributed by atoms with van der Waals surface area (Å²) >= 11 is 13.1. The van der Waals surface area contributed by atoms with E-state index in [9.17, 15) is 0 Å². The van der Waals surface area contributed by atoms with Crippen molar-refractivity contribution < 1.29 is 4.74 Å². The van der Waals surface area contributed by atoms with E-state index in [1.54, 1.807) is 7.11 Å². The second-order valence-electron chi connectivity index (χ2n) is 3.93. The Morgan fingerprint density at radius 2 is 2.05 bits per heavy atom. The fraction of sp³-hybridized carbons (Fsp3) is 0.231. The molecular formula is C13H11Br2ClN2O. The van der Waals surface area contributed by atoms with Crippen molar-refractivity contribution in [3.63, 3.8) is 0 Å². The lowest BCUT2D eigenvalue weighted by Gasteiger charge is -2.11. The first-order valence-corrected chi connectivity index (χ1v) is 7.62. The van der Waals surface area contributed by atoms with Crippen molar-refractivity contribution in [2.45, 2.75) is 11.2 Å². The first-order valence-electron chi connectivity index (χ1n) is 5.53. The number of alkyl halides is 1. The molecule has 2 aromatic rings. The summed E-state index contributed by atoms with van der Waals surface area (Å²) in [5.74, 6) is 0.567. The average Bonchev–Trinajstić information content (AvgIpc) is 2.37. The number of halogens is 3. The second kappa shape index (κ2) is 6.68. The Morgan fingerprint density at radius 1 is 1.26 bits per heavy atom. The summed E-state index contributed by atoms with van der Waals surface area (Å²) in [4.78, 5) is 8.35. The number of nitrogens with zero attached hydrogens (tertiary/aromatic N) is 2. The number of hydrogen-bond donors (Lipinski definition) is 0. The summed E-state index contributed by atoms with van der Waals surface area (Å²) in [6.45, 7) is 0. The quantitative estimate of drug-likeness (QED) is 0.697. The average molecular weight is 407 g/mol. The van der Waals surface area contributed by atoms with Gasteiger partial charge in [0.05, 0.1) is 7.11 Å². The number of methoxy groups -OCH3 is 1. The Morgan fingerprint density at radius 3 is 2.74 bits per heavy atom. The van der Waals surface area contributed by atoms with Crippen LogP contribution in [0.1, 0.15) is 16.1 Å². The Kier molecular flexibility index (Phi) is 5.19. The minimum Gasteiger partial charge on any atom is -0.481 e. The lowest BCUT2D eigenvalue weighted by atomic mass is 10.1. The van der Waals surface area contributed by atoms with Gasteiger partial charge in [0.25, 0.3) is 0 Å². The van der Waals surface area contributed by atoms with Gasteiger partial charge in [-0.25, -0.2) is 9.97 Å². The fourth-order valence-electron chi connectivity index (χ4n) is 1.66. The molecule has 1 atom stereocenters. The van der Waals surface area contributed by atoms with Crippen molar-refractivity contribution in [3.8, 4) is 5.88 Å². The van der Waals surface area contributed by atoms with E-state index in [0.717, 1.165) is 22.2 Å². The van der Waals surface area contributed by atoms with Gasteiger partial charge < -0.3 is 4.74 Å². The maximum atomic E-state index is 6.05. The fourth-order valence-corrected chi connectivity index (χ4v) is 3.14. The number of ether oxygens (including phenoxy) is 1. The third kappa shape index (κ3) is 4.16. The highest BCUT2D eigenvalue weighted by Crippen LogP contribution is 2.31. The van der Waals surface area contributed by atoms with Crippen molar-refractivity contribution in [3.05, 3.63) is 51.3 Å². The second-order valence-corrected chi connectivity index (χ2v) is 6.38. The monoisotopic (exact) mass is 404 g/mol. The van der Waals surface area contributed by atoms with Gasteiger partial charge in [0.15, 0.2) is 0 Å². The first kappa shape index (κ1) is 14.8. The van der Waals surface area contributed by atoms with E-state index >= 15 is 0 Å². The van der Waals surface area contributed by atoms with Crippen LogP contribution in [0.3, 0.4) is 0 Å². The molecule has 3 nitrogen and oxygen atoms in total. The van der Waals surface area contributed by atoms with E-state index in [-0.39, 0.29) is 4.83 Å². The Balaban J connectivity index is 2.17. The molecule has 1 aromatic heterocycles. The van der Waals surface area contributed by atoms with Gasteiger partial charge in [-0.15, -0.1) is 0 Å². The number of aromatic nitrogens is 2. The lowest BCUT2D eigenvalue weighted by molar-refractivity contribution is 0.396. The molecule has 19 heavy (non-hydrogen) atoms. The van der Waals surface area contributed by atoms with E-state index in [4.69, 9.17) is 16.3 Å². The van der Waals surface area contributed by atoms with E-state index in [1.165, 1.54) is 6.33 Å². The molecule has 0 fully saturated rings. The number of hydrogen-bond acceptors (Lipinski definition) is 3. The highest BCUT2D eigenvalue weighted by atomic mass is 79.9. The molecule has 0 saturated heterocycles. The van der Waals surface area contributed by atoms with Crippen LogP contribution in [0.4, 0.5) is 0 Å². The lowest BCUT2D eigenvalue weighted by Crippen LogP contribution is -2.00. The third-order valence-corrected chi connectivity index (χ3v) is 4.07. The van der Waals surface area contributed by atoms with Crippen LogP contribution >= 0.6 is 43.5 Å². The molecule has 0 spiro atoms. The molecule has 1 aromatic carbocycles. The van der Waals surface area contributed by atoms with Crippen LogP contribution in [-0.2, 0) is 6.42 Å².